The number of hydrazine groups is 1. The Morgan fingerprint density at radius 1 is 1.30 bits per heavy atom. The van der Waals surface area contributed by atoms with Gasteiger partial charge in [-0.3, -0.25) is 9.59 Å². The van der Waals surface area contributed by atoms with Gasteiger partial charge in [0, 0.05) is 23.2 Å². The Labute approximate surface area is 176 Å². The third-order valence-electron chi connectivity index (χ3n) is 5.88. The van der Waals surface area contributed by atoms with Gasteiger partial charge in [-0.15, -0.1) is 0 Å². The maximum atomic E-state index is 13.4. The van der Waals surface area contributed by atoms with Gasteiger partial charge in [0.25, 0.3) is 5.91 Å². The highest BCUT2D eigenvalue weighted by Crippen LogP contribution is 2.60. The van der Waals surface area contributed by atoms with Gasteiger partial charge in [0.2, 0.25) is 5.91 Å². The third-order valence-corrected chi connectivity index (χ3v) is 6.19. The number of hydrogen-bond donors (Lipinski definition) is 3. The minimum atomic E-state index is -2.77. The van der Waals surface area contributed by atoms with Crippen LogP contribution in [0, 0.1) is 5.82 Å². The van der Waals surface area contributed by atoms with Crippen LogP contribution in [-0.4, -0.2) is 53.1 Å². The third kappa shape index (κ3) is 3.95. The summed E-state index contributed by atoms with van der Waals surface area (Å²) in [6.45, 7) is -1.30. The van der Waals surface area contributed by atoms with Gasteiger partial charge in [0.15, 0.2) is 6.61 Å². The molecule has 2 bridgehead atoms. The van der Waals surface area contributed by atoms with Crippen molar-refractivity contribution in [2.45, 2.75) is 62.3 Å². The molecular weight excluding hydrogens is 425 g/mol. The van der Waals surface area contributed by atoms with Gasteiger partial charge < -0.3 is 15.4 Å². The summed E-state index contributed by atoms with van der Waals surface area (Å²) in [6.07, 6.45) is 1.92. The zero-order valence-electron chi connectivity index (χ0n) is 16.2. The molecule has 1 aliphatic heterocycles. The van der Waals surface area contributed by atoms with Crippen LogP contribution >= 0.6 is 11.6 Å². The number of ether oxygens (including phenoxy) is 1. The highest BCUT2D eigenvalue weighted by molar-refractivity contribution is 6.30. The number of halogens is 4. The van der Waals surface area contributed by atoms with Crippen molar-refractivity contribution < 1.29 is 27.5 Å². The molecule has 2 atom stereocenters. The molecule has 2 amide bonds. The van der Waals surface area contributed by atoms with Crippen molar-refractivity contribution >= 4 is 23.4 Å². The topological polar surface area (TPSA) is 82.7 Å². The average Bonchev–Trinajstić information content (AvgIpc) is 3.02. The van der Waals surface area contributed by atoms with Crippen LogP contribution in [0.15, 0.2) is 18.2 Å². The predicted molar refractivity (Wildman–Crippen MR) is 101 cm³/mol. The van der Waals surface area contributed by atoms with Crippen LogP contribution in [0.3, 0.4) is 0 Å². The number of benzene rings is 1. The Balaban J connectivity index is 1.23. The summed E-state index contributed by atoms with van der Waals surface area (Å²) >= 11 is 5.60. The molecule has 4 fully saturated rings. The van der Waals surface area contributed by atoms with E-state index in [1.165, 1.54) is 12.1 Å². The van der Waals surface area contributed by atoms with Crippen LogP contribution < -0.4 is 20.8 Å². The molecule has 11 heteroatoms. The molecule has 5 rings (SSSR count). The molecule has 0 aromatic heterocycles. The van der Waals surface area contributed by atoms with E-state index in [-0.39, 0.29) is 29.3 Å². The maximum absolute atomic E-state index is 13.4. The fourth-order valence-electron chi connectivity index (χ4n) is 4.72. The van der Waals surface area contributed by atoms with E-state index in [1.54, 1.807) is 6.92 Å². The van der Waals surface area contributed by atoms with Gasteiger partial charge in [-0.1, -0.05) is 11.6 Å². The molecule has 3 aliphatic carbocycles. The van der Waals surface area contributed by atoms with E-state index in [2.05, 4.69) is 16.1 Å². The van der Waals surface area contributed by atoms with Crippen LogP contribution in [-0.2, 0) is 9.59 Å². The Bertz CT molecular complexity index is 852. The lowest BCUT2D eigenvalue weighted by Crippen LogP contribution is -2.84. The van der Waals surface area contributed by atoms with Crippen LogP contribution in [0.1, 0.15) is 32.6 Å². The van der Waals surface area contributed by atoms with Gasteiger partial charge in [0.1, 0.15) is 17.6 Å². The first-order chi connectivity index (χ1) is 14.1. The monoisotopic (exact) mass is 446 g/mol. The lowest BCUT2D eigenvalue weighted by molar-refractivity contribution is -0.156. The van der Waals surface area contributed by atoms with E-state index in [0.717, 1.165) is 6.07 Å². The molecule has 0 spiro atoms. The number of carbonyl (C=O) groups excluding carboxylic acids is 2. The number of carbonyl (C=O) groups is 2. The van der Waals surface area contributed by atoms with Crippen molar-refractivity contribution in [3.63, 3.8) is 0 Å². The second-order valence-electron chi connectivity index (χ2n) is 8.46. The van der Waals surface area contributed by atoms with E-state index in [1.807, 2.05) is 0 Å². The Morgan fingerprint density at radius 2 is 1.97 bits per heavy atom. The summed E-state index contributed by atoms with van der Waals surface area (Å²) < 4.78 is 44.9. The van der Waals surface area contributed by atoms with E-state index in [0.29, 0.717) is 30.7 Å². The van der Waals surface area contributed by atoms with Crippen molar-refractivity contribution in [3.8, 4) is 5.75 Å². The fourth-order valence-corrected chi connectivity index (χ4v) is 4.83. The number of hydrogen-bond acceptors (Lipinski definition) is 5. The highest BCUT2D eigenvalue weighted by atomic mass is 35.5. The van der Waals surface area contributed by atoms with Gasteiger partial charge in [0.05, 0.1) is 5.02 Å². The Hall–Kier alpha value is -2.04. The zero-order valence-corrected chi connectivity index (χ0v) is 16.9. The first kappa shape index (κ1) is 21.2. The summed E-state index contributed by atoms with van der Waals surface area (Å²) in [5, 5.41) is 6.42. The summed E-state index contributed by atoms with van der Waals surface area (Å²) in [5.74, 6) is -1.23. The SMILES string of the molecule is CC1CC(C(=O)NC23CC(NC(=O)COc4ccc(Cl)c(F)c4)(C2)C3)N(C(F)F)N1. The van der Waals surface area contributed by atoms with Crippen molar-refractivity contribution in [3.05, 3.63) is 29.0 Å². The molecule has 7 nitrogen and oxygen atoms in total. The van der Waals surface area contributed by atoms with Gasteiger partial charge >= 0.3 is 6.55 Å². The molecule has 1 saturated heterocycles. The van der Waals surface area contributed by atoms with Crippen LogP contribution in [0.2, 0.25) is 5.02 Å². The quantitative estimate of drug-likeness (QED) is 0.558. The van der Waals surface area contributed by atoms with Crippen LogP contribution in [0.5, 0.6) is 5.75 Å². The minimum absolute atomic E-state index is 0.0347. The van der Waals surface area contributed by atoms with Gasteiger partial charge in [-0.05, 0) is 44.7 Å². The van der Waals surface area contributed by atoms with E-state index < -0.39 is 35.4 Å². The smallest absolute Gasteiger partial charge is 0.307 e. The summed E-state index contributed by atoms with van der Waals surface area (Å²) in [6, 6.07) is 2.78. The predicted octanol–water partition coefficient (Wildman–Crippen LogP) is 1.96. The summed E-state index contributed by atoms with van der Waals surface area (Å²) in [5.41, 5.74) is 1.74. The number of alkyl halides is 2. The van der Waals surface area contributed by atoms with Gasteiger partial charge in [-0.2, -0.15) is 13.8 Å². The number of amides is 2. The van der Waals surface area contributed by atoms with Crippen molar-refractivity contribution in [2.75, 3.05) is 6.61 Å². The normalized spacial score (nSPS) is 32.3. The zero-order chi connectivity index (χ0) is 21.7. The molecule has 1 heterocycles. The first-order valence-electron chi connectivity index (χ1n) is 9.64. The van der Waals surface area contributed by atoms with Crippen LogP contribution in [0.25, 0.3) is 0 Å². The number of rotatable bonds is 7. The minimum Gasteiger partial charge on any atom is -0.484 e. The molecule has 1 aromatic rings. The van der Waals surface area contributed by atoms with E-state index in [4.69, 9.17) is 16.3 Å². The van der Waals surface area contributed by atoms with E-state index in [9.17, 15) is 22.8 Å². The maximum Gasteiger partial charge on any atom is 0.307 e. The molecule has 1 aromatic carbocycles. The molecular formula is C19H22ClF3N4O3. The van der Waals surface area contributed by atoms with Crippen molar-refractivity contribution in [2.24, 2.45) is 0 Å². The van der Waals surface area contributed by atoms with Gasteiger partial charge in [-0.25, -0.2) is 9.82 Å². The fraction of sp³-hybridized carbons (Fsp3) is 0.579. The Morgan fingerprint density at radius 3 is 2.60 bits per heavy atom. The molecule has 30 heavy (non-hydrogen) atoms. The van der Waals surface area contributed by atoms with E-state index >= 15 is 0 Å². The molecule has 0 radical (unpaired) electrons. The summed E-state index contributed by atoms with van der Waals surface area (Å²) in [4.78, 5) is 24.7. The second-order valence-corrected chi connectivity index (χ2v) is 8.87. The molecule has 3 saturated carbocycles. The molecule has 3 N–H and O–H groups in total. The average molecular weight is 447 g/mol. The number of nitrogens with zero attached hydrogens (tertiary/aromatic N) is 1. The molecule has 2 unspecified atom stereocenters. The van der Waals surface area contributed by atoms with Crippen molar-refractivity contribution in [1.29, 1.82) is 0 Å². The highest BCUT2D eigenvalue weighted by Gasteiger charge is 2.69. The lowest BCUT2D eigenvalue weighted by Gasteiger charge is -2.70. The first-order valence-corrected chi connectivity index (χ1v) is 10.0. The lowest BCUT2D eigenvalue weighted by atomic mass is 9.44. The molecule has 164 valence electrons. The second kappa shape index (κ2) is 7.58. The largest absolute Gasteiger partial charge is 0.484 e. The number of nitrogens with one attached hydrogen (secondary N) is 3. The Kier molecular flexibility index (Phi) is 5.36. The standard InChI is InChI=1S/C19H22ClF3N4O3/c1-10-4-14(27(26-10)17(22)23)16(29)25-19-7-18(8-19,9-19)24-15(28)6-30-11-2-3-12(20)13(21)5-11/h2-3,5,10,14,17,26H,4,6-9H2,1H3,(H,24,28)(H,25,29). The van der Waals surface area contributed by atoms with Crippen LogP contribution in [0.4, 0.5) is 13.2 Å². The van der Waals surface area contributed by atoms with Crippen molar-refractivity contribution in [1.82, 2.24) is 21.1 Å². The summed E-state index contributed by atoms with van der Waals surface area (Å²) in [7, 11) is 0. The molecule has 4 aliphatic rings.